The molecule has 0 radical (unpaired) electrons. The third kappa shape index (κ3) is 3.45. The van der Waals surface area contributed by atoms with Gasteiger partial charge in [-0.25, -0.2) is 4.98 Å². The number of nitriles is 1. The Balaban J connectivity index is 1.71. The molecular weight excluding hydrogens is 320 g/mol. The first-order valence-electron chi connectivity index (χ1n) is 7.54. The highest BCUT2D eigenvalue weighted by Crippen LogP contribution is 2.30. The van der Waals surface area contributed by atoms with Crippen molar-refractivity contribution in [3.05, 3.63) is 64.6 Å². The van der Waals surface area contributed by atoms with Crippen molar-refractivity contribution in [1.82, 2.24) is 9.97 Å². The van der Waals surface area contributed by atoms with Crippen LogP contribution in [0.15, 0.2) is 48.9 Å². The Bertz CT molecular complexity index is 967. The van der Waals surface area contributed by atoms with Crippen molar-refractivity contribution in [2.45, 2.75) is 0 Å². The second-order valence-corrected chi connectivity index (χ2v) is 5.18. The number of nitrogens with one attached hydrogen (secondary N) is 2. The van der Waals surface area contributed by atoms with E-state index in [1.807, 2.05) is 0 Å². The monoisotopic (exact) mass is 334 g/mol. The molecule has 2 heterocycles. The van der Waals surface area contributed by atoms with Crippen molar-refractivity contribution in [2.24, 2.45) is 0 Å². The Morgan fingerprint density at radius 1 is 1.12 bits per heavy atom. The predicted molar refractivity (Wildman–Crippen MR) is 94.3 cm³/mol. The van der Waals surface area contributed by atoms with E-state index in [9.17, 15) is 10.1 Å². The average Bonchev–Trinajstić information content (AvgIpc) is 2.65. The van der Waals surface area contributed by atoms with Crippen LogP contribution in [-0.2, 0) is 0 Å². The molecule has 0 aliphatic carbocycles. The lowest BCUT2D eigenvalue weighted by atomic mass is 10.1. The molecule has 25 heavy (non-hydrogen) atoms. The number of hydrogen-bond acceptors (Lipinski definition) is 7. The molecule has 0 saturated carbocycles. The van der Waals surface area contributed by atoms with E-state index < -0.39 is 4.92 Å². The summed E-state index contributed by atoms with van der Waals surface area (Å²) >= 11 is 0. The Labute approximate surface area is 143 Å². The van der Waals surface area contributed by atoms with Crippen LogP contribution in [-0.4, -0.2) is 28.0 Å². The normalized spacial score (nSPS) is 10.2. The van der Waals surface area contributed by atoms with Crippen molar-refractivity contribution >= 4 is 28.0 Å². The van der Waals surface area contributed by atoms with Gasteiger partial charge in [0.05, 0.1) is 15.9 Å². The lowest BCUT2D eigenvalue weighted by molar-refractivity contribution is -0.383. The van der Waals surface area contributed by atoms with Crippen molar-refractivity contribution < 1.29 is 4.92 Å². The number of non-ortho nitro benzene ring substituents is 1. The molecule has 8 heteroatoms. The number of rotatable bonds is 6. The molecule has 0 aliphatic rings. The molecule has 0 spiro atoms. The Kier molecular flexibility index (Phi) is 4.67. The molecule has 2 aromatic heterocycles. The smallest absolute Gasteiger partial charge is 0.278 e. The molecule has 1 aromatic carbocycles. The number of hydrogen-bond donors (Lipinski definition) is 2. The fourth-order valence-corrected chi connectivity index (χ4v) is 2.50. The molecule has 0 bridgehead atoms. The standard InChI is InChI=1S/C17H14N6O2/c18-10-12-2-1-6-21-17(12)22-9-8-20-15-3-4-16(23(24)25)14-11-19-7-5-13(14)15/h1-7,11,20H,8-9H2,(H,21,22). The number of nitrogens with zero attached hydrogens (tertiary/aromatic N) is 4. The zero-order chi connectivity index (χ0) is 17.6. The van der Waals surface area contributed by atoms with Crippen molar-refractivity contribution in [2.75, 3.05) is 23.7 Å². The maximum atomic E-state index is 11.1. The van der Waals surface area contributed by atoms with E-state index in [-0.39, 0.29) is 5.69 Å². The van der Waals surface area contributed by atoms with Crippen LogP contribution in [0.1, 0.15) is 5.56 Å². The summed E-state index contributed by atoms with van der Waals surface area (Å²) in [6.45, 7) is 1.09. The van der Waals surface area contributed by atoms with Gasteiger partial charge in [0.15, 0.2) is 0 Å². The van der Waals surface area contributed by atoms with Gasteiger partial charge in [-0.2, -0.15) is 5.26 Å². The Hall–Kier alpha value is -3.73. The molecule has 0 unspecified atom stereocenters. The van der Waals surface area contributed by atoms with Crippen LogP contribution in [0.5, 0.6) is 0 Å². The van der Waals surface area contributed by atoms with Crippen LogP contribution in [0.2, 0.25) is 0 Å². The molecule has 124 valence electrons. The fourth-order valence-electron chi connectivity index (χ4n) is 2.50. The second-order valence-electron chi connectivity index (χ2n) is 5.18. The molecule has 8 nitrogen and oxygen atoms in total. The van der Waals surface area contributed by atoms with Crippen molar-refractivity contribution in [3.63, 3.8) is 0 Å². The Morgan fingerprint density at radius 2 is 1.96 bits per heavy atom. The van der Waals surface area contributed by atoms with Crippen LogP contribution in [0.4, 0.5) is 17.2 Å². The van der Waals surface area contributed by atoms with E-state index in [0.717, 1.165) is 11.1 Å². The number of nitro groups is 1. The van der Waals surface area contributed by atoms with Crippen molar-refractivity contribution in [1.29, 1.82) is 5.26 Å². The highest BCUT2D eigenvalue weighted by Gasteiger charge is 2.14. The molecule has 0 fully saturated rings. The molecule has 3 rings (SSSR count). The maximum absolute atomic E-state index is 11.1. The van der Waals surface area contributed by atoms with E-state index >= 15 is 0 Å². The lowest BCUT2D eigenvalue weighted by Gasteiger charge is -2.11. The van der Waals surface area contributed by atoms with Crippen LogP contribution in [0.3, 0.4) is 0 Å². The van der Waals surface area contributed by atoms with Gasteiger partial charge in [0.1, 0.15) is 11.9 Å². The van der Waals surface area contributed by atoms with Gasteiger partial charge in [0, 0.05) is 48.8 Å². The highest BCUT2D eigenvalue weighted by atomic mass is 16.6. The summed E-state index contributed by atoms with van der Waals surface area (Å²) in [5.74, 6) is 0.532. The summed E-state index contributed by atoms with van der Waals surface area (Å²) < 4.78 is 0. The molecule has 0 amide bonds. The number of benzene rings is 1. The van der Waals surface area contributed by atoms with Gasteiger partial charge in [0.25, 0.3) is 5.69 Å². The van der Waals surface area contributed by atoms with Gasteiger partial charge in [-0.05, 0) is 24.3 Å². The summed E-state index contributed by atoms with van der Waals surface area (Å²) in [5, 5.41) is 27.7. The van der Waals surface area contributed by atoms with Gasteiger partial charge in [-0.15, -0.1) is 0 Å². The SMILES string of the molecule is N#Cc1cccnc1NCCNc1ccc([N+](=O)[O-])c2cnccc12. The minimum atomic E-state index is -0.417. The summed E-state index contributed by atoms with van der Waals surface area (Å²) in [7, 11) is 0. The average molecular weight is 334 g/mol. The number of pyridine rings is 2. The number of nitro benzene ring substituents is 1. The van der Waals surface area contributed by atoms with E-state index in [4.69, 9.17) is 5.26 Å². The molecule has 0 aliphatic heterocycles. The lowest BCUT2D eigenvalue weighted by Crippen LogP contribution is -2.15. The quantitative estimate of drug-likeness (QED) is 0.404. The van der Waals surface area contributed by atoms with Crippen LogP contribution in [0.25, 0.3) is 10.8 Å². The summed E-state index contributed by atoms with van der Waals surface area (Å²) in [6.07, 6.45) is 4.71. The first kappa shape index (κ1) is 16.1. The van der Waals surface area contributed by atoms with E-state index in [0.29, 0.717) is 29.9 Å². The third-order valence-electron chi connectivity index (χ3n) is 3.65. The van der Waals surface area contributed by atoms with Gasteiger partial charge in [-0.3, -0.25) is 15.1 Å². The minimum absolute atomic E-state index is 0.0268. The summed E-state index contributed by atoms with van der Waals surface area (Å²) in [6, 6.07) is 10.4. The van der Waals surface area contributed by atoms with Gasteiger partial charge in [0.2, 0.25) is 0 Å². The predicted octanol–water partition coefficient (Wildman–Crippen LogP) is 2.93. The van der Waals surface area contributed by atoms with Crippen LogP contribution in [0, 0.1) is 21.4 Å². The molecule has 0 atom stereocenters. The Morgan fingerprint density at radius 3 is 2.76 bits per heavy atom. The second kappa shape index (κ2) is 7.23. The fraction of sp³-hybridized carbons (Fsp3) is 0.118. The topological polar surface area (TPSA) is 117 Å². The van der Waals surface area contributed by atoms with Crippen molar-refractivity contribution in [3.8, 4) is 6.07 Å². The molecule has 0 saturated heterocycles. The van der Waals surface area contributed by atoms with E-state index in [2.05, 4.69) is 26.7 Å². The van der Waals surface area contributed by atoms with Gasteiger partial charge < -0.3 is 10.6 Å². The van der Waals surface area contributed by atoms with Gasteiger partial charge in [-0.1, -0.05) is 0 Å². The molecule has 2 N–H and O–H groups in total. The first-order valence-corrected chi connectivity index (χ1v) is 7.54. The highest BCUT2D eigenvalue weighted by molar-refractivity contribution is 5.99. The largest absolute Gasteiger partial charge is 0.383 e. The maximum Gasteiger partial charge on any atom is 0.278 e. The number of fused-ring (bicyclic) bond motifs is 1. The van der Waals surface area contributed by atoms with Gasteiger partial charge >= 0.3 is 0 Å². The molecule has 3 aromatic rings. The summed E-state index contributed by atoms with van der Waals surface area (Å²) in [4.78, 5) is 18.8. The zero-order valence-corrected chi connectivity index (χ0v) is 13.1. The first-order chi connectivity index (χ1) is 12.2. The van der Waals surface area contributed by atoms with E-state index in [1.165, 1.54) is 12.3 Å². The number of aromatic nitrogens is 2. The molecular formula is C17H14N6O2. The minimum Gasteiger partial charge on any atom is -0.383 e. The zero-order valence-electron chi connectivity index (χ0n) is 13.1. The summed E-state index contributed by atoms with van der Waals surface area (Å²) in [5.41, 5.74) is 1.29. The van der Waals surface area contributed by atoms with Crippen LogP contribution >= 0.6 is 0 Å². The number of anilines is 2. The van der Waals surface area contributed by atoms with E-state index in [1.54, 1.807) is 36.7 Å². The third-order valence-corrected chi connectivity index (χ3v) is 3.65. The van der Waals surface area contributed by atoms with Crippen LogP contribution < -0.4 is 10.6 Å².